The van der Waals surface area contributed by atoms with Crippen molar-refractivity contribution in [2.45, 2.75) is 39.4 Å². The summed E-state index contributed by atoms with van der Waals surface area (Å²) in [6.45, 7) is 4.77. The van der Waals surface area contributed by atoms with E-state index in [-0.39, 0.29) is 24.4 Å². The number of aryl methyl sites for hydroxylation is 2. The van der Waals surface area contributed by atoms with Gasteiger partial charge in [0, 0.05) is 18.7 Å². The lowest BCUT2D eigenvalue weighted by molar-refractivity contribution is -0.0153. The number of hydrogen-bond donors (Lipinski definition) is 0. The SMILES string of the molecule is Cc1noc(CO[C@H]2CCCN(C(=O)c3ccc(C)c(F)c3)C2)n1. The molecule has 24 heavy (non-hydrogen) atoms. The first kappa shape index (κ1) is 16.6. The van der Waals surface area contributed by atoms with Crippen LogP contribution in [0.3, 0.4) is 0 Å². The maximum Gasteiger partial charge on any atom is 0.254 e. The highest BCUT2D eigenvalue weighted by Crippen LogP contribution is 2.18. The van der Waals surface area contributed by atoms with Crippen molar-refractivity contribution in [1.29, 1.82) is 0 Å². The van der Waals surface area contributed by atoms with Gasteiger partial charge in [-0.05, 0) is 44.4 Å². The molecule has 1 saturated heterocycles. The van der Waals surface area contributed by atoms with E-state index >= 15 is 0 Å². The highest BCUT2D eigenvalue weighted by atomic mass is 19.1. The van der Waals surface area contributed by atoms with E-state index in [4.69, 9.17) is 9.26 Å². The number of hydrogen-bond acceptors (Lipinski definition) is 5. The van der Waals surface area contributed by atoms with Crippen molar-refractivity contribution in [3.63, 3.8) is 0 Å². The van der Waals surface area contributed by atoms with Crippen LogP contribution in [0, 0.1) is 19.7 Å². The zero-order chi connectivity index (χ0) is 17.1. The summed E-state index contributed by atoms with van der Waals surface area (Å²) in [4.78, 5) is 18.3. The Hall–Kier alpha value is -2.28. The van der Waals surface area contributed by atoms with Crippen molar-refractivity contribution in [2.24, 2.45) is 0 Å². The number of carbonyl (C=O) groups is 1. The Kier molecular flexibility index (Phi) is 4.89. The Morgan fingerprint density at radius 2 is 2.29 bits per heavy atom. The molecule has 3 rings (SSSR count). The fourth-order valence-electron chi connectivity index (χ4n) is 2.75. The third-order valence-corrected chi connectivity index (χ3v) is 4.10. The summed E-state index contributed by atoms with van der Waals surface area (Å²) in [7, 11) is 0. The molecule has 7 heteroatoms. The third-order valence-electron chi connectivity index (χ3n) is 4.10. The normalized spacial score (nSPS) is 18.0. The minimum atomic E-state index is -0.363. The van der Waals surface area contributed by atoms with Crippen LogP contribution in [-0.2, 0) is 11.3 Å². The summed E-state index contributed by atoms with van der Waals surface area (Å²) in [5, 5.41) is 3.71. The number of carbonyl (C=O) groups excluding carboxylic acids is 1. The number of piperidine rings is 1. The fraction of sp³-hybridized carbons (Fsp3) is 0.471. The molecule has 2 heterocycles. The summed E-state index contributed by atoms with van der Waals surface area (Å²) in [6, 6.07) is 4.58. The second kappa shape index (κ2) is 7.09. The number of nitrogens with zero attached hydrogens (tertiary/aromatic N) is 3. The van der Waals surface area contributed by atoms with Gasteiger partial charge in [-0.25, -0.2) is 4.39 Å². The van der Waals surface area contributed by atoms with Gasteiger partial charge >= 0.3 is 0 Å². The molecule has 0 saturated carbocycles. The molecule has 1 aliphatic rings. The van der Waals surface area contributed by atoms with Gasteiger partial charge in [0.25, 0.3) is 11.8 Å². The highest BCUT2D eigenvalue weighted by Gasteiger charge is 2.25. The predicted molar refractivity (Wildman–Crippen MR) is 83.9 cm³/mol. The van der Waals surface area contributed by atoms with E-state index in [2.05, 4.69) is 10.1 Å². The smallest absolute Gasteiger partial charge is 0.254 e. The first-order valence-corrected chi connectivity index (χ1v) is 7.99. The quantitative estimate of drug-likeness (QED) is 0.860. The molecule has 1 fully saturated rings. The summed E-state index contributed by atoms with van der Waals surface area (Å²) in [5.41, 5.74) is 0.896. The van der Waals surface area contributed by atoms with Gasteiger partial charge in [-0.3, -0.25) is 4.79 Å². The zero-order valence-corrected chi connectivity index (χ0v) is 13.8. The number of likely N-dealkylation sites (tertiary alicyclic amines) is 1. The van der Waals surface area contributed by atoms with E-state index < -0.39 is 0 Å². The largest absolute Gasteiger partial charge is 0.367 e. The van der Waals surface area contributed by atoms with Crippen LogP contribution < -0.4 is 0 Å². The van der Waals surface area contributed by atoms with E-state index in [0.717, 1.165) is 12.8 Å². The van der Waals surface area contributed by atoms with Crippen molar-refractivity contribution < 1.29 is 18.4 Å². The fourth-order valence-corrected chi connectivity index (χ4v) is 2.75. The predicted octanol–water partition coefficient (Wildman–Crippen LogP) is 2.65. The monoisotopic (exact) mass is 333 g/mol. The highest BCUT2D eigenvalue weighted by molar-refractivity contribution is 5.94. The molecule has 0 unspecified atom stereocenters. The summed E-state index contributed by atoms with van der Waals surface area (Å²) < 4.78 is 24.5. The molecular formula is C17H20FN3O3. The molecular weight excluding hydrogens is 313 g/mol. The van der Waals surface area contributed by atoms with E-state index in [1.807, 2.05) is 0 Å². The van der Waals surface area contributed by atoms with Crippen molar-refractivity contribution >= 4 is 5.91 Å². The summed E-state index contributed by atoms with van der Waals surface area (Å²) >= 11 is 0. The van der Waals surface area contributed by atoms with Gasteiger partial charge in [-0.2, -0.15) is 4.98 Å². The standard InChI is InChI=1S/C17H20FN3O3/c1-11-5-6-13(8-15(11)18)17(22)21-7-3-4-14(9-21)23-10-16-19-12(2)20-24-16/h5-6,8,14H,3-4,7,9-10H2,1-2H3/t14-/m0/s1. The van der Waals surface area contributed by atoms with Gasteiger partial charge in [0.1, 0.15) is 12.4 Å². The Morgan fingerprint density at radius 1 is 1.46 bits per heavy atom. The average Bonchev–Trinajstić information content (AvgIpc) is 3.00. The Bertz CT molecular complexity index is 732. The molecule has 128 valence electrons. The summed E-state index contributed by atoms with van der Waals surface area (Å²) in [6.07, 6.45) is 1.61. The van der Waals surface area contributed by atoms with Crippen molar-refractivity contribution in [3.05, 3.63) is 46.9 Å². The van der Waals surface area contributed by atoms with Crippen LogP contribution >= 0.6 is 0 Å². The third kappa shape index (κ3) is 3.79. The maximum atomic E-state index is 13.7. The molecule has 6 nitrogen and oxygen atoms in total. The van der Waals surface area contributed by atoms with E-state index in [1.54, 1.807) is 30.9 Å². The number of halogens is 1. The molecule has 2 aromatic rings. The molecule has 0 spiro atoms. The number of amides is 1. The number of ether oxygens (including phenoxy) is 1. The van der Waals surface area contributed by atoms with Gasteiger partial charge < -0.3 is 14.2 Å². The van der Waals surface area contributed by atoms with Crippen LogP contribution in [0.2, 0.25) is 0 Å². The molecule has 1 amide bonds. The van der Waals surface area contributed by atoms with Crippen LogP contribution in [0.4, 0.5) is 4.39 Å². The average molecular weight is 333 g/mol. The molecule has 1 aromatic carbocycles. The van der Waals surface area contributed by atoms with Gasteiger partial charge in [0.2, 0.25) is 0 Å². The molecule has 0 bridgehead atoms. The minimum absolute atomic E-state index is 0.0924. The minimum Gasteiger partial charge on any atom is -0.367 e. The Morgan fingerprint density at radius 3 is 3.00 bits per heavy atom. The summed E-state index contributed by atoms with van der Waals surface area (Å²) in [5.74, 6) is 0.459. The van der Waals surface area contributed by atoms with Crippen molar-refractivity contribution in [3.8, 4) is 0 Å². The molecule has 1 aromatic heterocycles. The lowest BCUT2D eigenvalue weighted by Gasteiger charge is -2.32. The van der Waals surface area contributed by atoms with Gasteiger partial charge in [-0.15, -0.1) is 0 Å². The molecule has 0 radical (unpaired) electrons. The maximum absolute atomic E-state index is 13.7. The van der Waals surface area contributed by atoms with Crippen molar-refractivity contribution in [2.75, 3.05) is 13.1 Å². The van der Waals surface area contributed by atoms with Gasteiger partial charge in [0.15, 0.2) is 5.82 Å². The molecule has 1 aliphatic heterocycles. The van der Waals surface area contributed by atoms with E-state index in [1.165, 1.54) is 6.07 Å². The van der Waals surface area contributed by atoms with E-state index in [9.17, 15) is 9.18 Å². The zero-order valence-electron chi connectivity index (χ0n) is 13.8. The molecule has 1 atom stereocenters. The Balaban J connectivity index is 1.60. The van der Waals surface area contributed by atoms with Crippen molar-refractivity contribution in [1.82, 2.24) is 15.0 Å². The first-order chi connectivity index (χ1) is 11.5. The Labute approximate surface area is 139 Å². The van der Waals surface area contributed by atoms with Crippen LogP contribution in [0.25, 0.3) is 0 Å². The topological polar surface area (TPSA) is 68.5 Å². The van der Waals surface area contributed by atoms with Gasteiger partial charge in [0.05, 0.1) is 6.10 Å². The van der Waals surface area contributed by atoms with E-state index in [0.29, 0.717) is 35.9 Å². The number of aromatic nitrogens is 2. The molecule has 0 N–H and O–H groups in total. The second-order valence-corrected chi connectivity index (χ2v) is 6.03. The van der Waals surface area contributed by atoms with Crippen LogP contribution in [0.1, 0.15) is 40.5 Å². The second-order valence-electron chi connectivity index (χ2n) is 6.03. The van der Waals surface area contributed by atoms with Crippen LogP contribution in [-0.4, -0.2) is 40.1 Å². The van der Waals surface area contributed by atoms with Crippen LogP contribution in [0.15, 0.2) is 22.7 Å². The molecule has 0 aliphatic carbocycles. The van der Waals surface area contributed by atoms with Crippen LogP contribution in [0.5, 0.6) is 0 Å². The van der Waals surface area contributed by atoms with Gasteiger partial charge in [-0.1, -0.05) is 11.2 Å². The first-order valence-electron chi connectivity index (χ1n) is 7.99. The lowest BCUT2D eigenvalue weighted by Crippen LogP contribution is -2.43. The number of benzene rings is 1. The number of rotatable bonds is 4. The lowest BCUT2D eigenvalue weighted by atomic mass is 10.1.